The molecule has 2 aliphatic rings. The van der Waals surface area contributed by atoms with E-state index in [1.165, 1.54) is 5.56 Å². The number of aryl methyl sites for hydroxylation is 2. The van der Waals surface area contributed by atoms with Crippen molar-refractivity contribution in [1.29, 1.82) is 0 Å². The summed E-state index contributed by atoms with van der Waals surface area (Å²) in [5.41, 5.74) is 5.10. The van der Waals surface area contributed by atoms with Crippen molar-refractivity contribution in [1.82, 2.24) is 20.2 Å². The van der Waals surface area contributed by atoms with E-state index >= 15 is 0 Å². The fourth-order valence-electron chi connectivity index (χ4n) is 4.00. The SMILES string of the molecule is Cc1nc(CC(=O)N2CCc3c(cnc(C)c3CNC(=O)C3CCCO3)C2)cs1. The highest BCUT2D eigenvalue weighted by Crippen LogP contribution is 2.25. The number of ether oxygens (including phenoxy) is 1. The summed E-state index contributed by atoms with van der Waals surface area (Å²) in [4.78, 5) is 35.8. The molecule has 2 aromatic heterocycles. The normalized spacial score (nSPS) is 18.6. The molecule has 4 rings (SSSR count). The first-order valence-electron chi connectivity index (χ1n) is 10.1. The zero-order valence-electron chi connectivity index (χ0n) is 16.9. The highest BCUT2D eigenvalue weighted by molar-refractivity contribution is 7.09. The van der Waals surface area contributed by atoms with Crippen LogP contribution in [0.1, 0.15) is 45.9 Å². The number of hydrogen-bond acceptors (Lipinski definition) is 6. The Hall–Kier alpha value is -2.32. The molecule has 1 fully saturated rings. The van der Waals surface area contributed by atoms with Gasteiger partial charge in [-0.3, -0.25) is 14.6 Å². The summed E-state index contributed by atoms with van der Waals surface area (Å²) in [6.45, 7) is 6.25. The lowest BCUT2D eigenvalue weighted by Gasteiger charge is -2.30. The zero-order valence-corrected chi connectivity index (χ0v) is 17.7. The van der Waals surface area contributed by atoms with Gasteiger partial charge in [-0.1, -0.05) is 0 Å². The van der Waals surface area contributed by atoms with Gasteiger partial charge >= 0.3 is 0 Å². The van der Waals surface area contributed by atoms with E-state index in [1.807, 2.05) is 30.3 Å². The Labute approximate surface area is 174 Å². The molecule has 1 N–H and O–H groups in total. The number of aromatic nitrogens is 2. The predicted molar refractivity (Wildman–Crippen MR) is 109 cm³/mol. The molecule has 1 atom stereocenters. The topological polar surface area (TPSA) is 84.4 Å². The van der Waals surface area contributed by atoms with Crippen molar-refractivity contribution in [3.05, 3.63) is 44.7 Å². The highest BCUT2D eigenvalue weighted by atomic mass is 32.1. The van der Waals surface area contributed by atoms with Crippen molar-refractivity contribution in [3.8, 4) is 0 Å². The van der Waals surface area contributed by atoms with E-state index < -0.39 is 0 Å². The molecule has 0 radical (unpaired) electrons. The van der Waals surface area contributed by atoms with Crippen molar-refractivity contribution in [2.45, 2.75) is 58.7 Å². The van der Waals surface area contributed by atoms with E-state index in [1.54, 1.807) is 11.3 Å². The summed E-state index contributed by atoms with van der Waals surface area (Å²) in [5.74, 6) is 0.0421. The maximum absolute atomic E-state index is 12.7. The number of amides is 2. The quantitative estimate of drug-likeness (QED) is 0.810. The smallest absolute Gasteiger partial charge is 0.249 e. The molecule has 0 bridgehead atoms. The number of pyridine rings is 1. The van der Waals surface area contributed by atoms with Gasteiger partial charge in [-0.15, -0.1) is 11.3 Å². The van der Waals surface area contributed by atoms with Gasteiger partial charge < -0.3 is 15.0 Å². The number of hydrogen-bond donors (Lipinski definition) is 1. The average Bonchev–Trinajstić information content (AvgIpc) is 3.38. The molecule has 2 aliphatic heterocycles. The maximum Gasteiger partial charge on any atom is 0.249 e. The standard InChI is InChI=1S/C21H26N4O3S/c1-13-18(10-23-21(27)19-4-3-7-28-19)17-5-6-25(11-15(17)9-22-13)20(26)8-16-12-29-14(2)24-16/h9,12,19H,3-8,10-11H2,1-2H3,(H,23,27). The summed E-state index contributed by atoms with van der Waals surface area (Å²) in [7, 11) is 0. The Bertz CT molecular complexity index is 921. The first-order chi connectivity index (χ1) is 14.0. The Morgan fingerprint density at radius 2 is 2.24 bits per heavy atom. The average molecular weight is 415 g/mol. The van der Waals surface area contributed by atoms with Crippen LogP contribution in [0.15, 0.2) is 11.6 Å². The van der Waals surface area contributed by atoms with E-state index in [0.717, 1.165) is 46.8 Å². The fraction of sp³-hybridized carbons (Fsp3) is 0.524. The molecule has 2 amide bonds. The molecule has 0 aliphatic carbocycles. The Morgan fingerprint density at radius 1 is 1.38 bits per heavy atom. The molecule has 0 aromatic carbocycles. The lowest BCUT2D eigenvalue weighted by Crippen LogP contribution is -2.38. The zero-order chi connectivity index (χ0) is 20.4. The molecule has 0 spiro atoms. The third-order valence-corrected chi connectivity index (χ3v) is 6.43. The van der Waals surface area contributed by atoms with E-state index in [2.05, 4.69) is 15.3 Å². The molecule has 1 saturated heterocycles. The molecule has 0 saturated carbocycles. The van der Waals surface area contributed by atoms with Gasteiger partial charge in [0, 0.05) is 43.5 Å². The monoisotopic (exact) mass is 414 g/mol. The fourth-order valence-corrected chi connectivity index (χ4v) is 4.61. The second-order valence-electron chi connectivity index (χ2n) is 7.65. The van der Waals surface area contributed by atoms with Crippen molar-refractivity contribution >= 4 is 23.2 Å². The minimum absolute atomic E-state index is 0.0503. The van der Waals surface area contributed by atoms with Gasteiger partial charge in [0.2, 0.25) is 11.8 Å². The highest BCUT2D eigenvalue weighted by Gasteiger charge is 2.26. The van der Waals surface area contributed by atoms with Gasteiger partial charge in [0.15, 0.2) is 0 Å². The van der Waals surface area contributed by atoms with Crippen LogP contribution >= 0.6 is 11.3 Å². The van der Waals surface area contributed by atoms with E-state index in [0.29, 0.717) is 32.7 Å². The third-order valence-electron chi connectivity index (χ3n) is 5.61. The van der Waals surface area contributed by atoms with Crippen LogP contribution in [0.25, 0.3) is 0 Å². The number of nitrogens with one attached hydrogen (secondary N) is 1. The predicted octanol–water partition coefficient (Wildman–Crippen LogP) is 2.08. The molecule has 8 heteroatoms. The van der Waals surface area contributed by atoms with Crippen LogP contribution in [0.4, 0.5) is 0 Å². The molecule has 1 unspecified atom stereocenters. The van der Waals surface area contributed by atoms with Gasteiger partial charge in [0.25, 0.3) is 0 Å². The molecular weight excluding hydrogens is 388 g/mol. The summed E-state index contributed by atoms with van der Waals surface area (Å²) < 4.78 is 5.46. The number of rotatable bonds is 5. The van der Waals surface area contributed by atoms with Crippen LogP contribution in [0.2, 0.25) is 0 Å². The van der Waals surface area contributed by atoms with Crippen LogP contribution in [-0.4, -0.2) is 45.9 Å². The lowest BCUT2D eigenvalue weighted by molar-refractivity contribution is -0.131. The maximum atomic E-state index is 12.7. The number of thiazole rings is 1. The minimum atomic E-state index is -0.328. The van der Waals surface area contributed by atoms with Crippen molar-refractivity contribution in [2.24, 2.45) is 0 Å². The van der Waals surface area contributed by atoms with E-state index in [9.17, 15) is 9.59 Å². The van der Waals surface area contributed by atoms with Crippen molar-refractivity contribution in [3.63, 3.8) is 0 Å². The Morgan fingerprint density at radius 3 is 2.97 bits per heavy atom. The van der Waals surface area contributed by atoms with Crippen LogP contribution in [-0.2, 0) is 40.3 Å². The summed E-state index contributed by atoms with van der Waals surface area (Å²) in [5, 5.41) is 5.94. The second-order valence-corrected chi connectivity index (χ2v) is 8.71. The third kappa shape index (κ3) is 4.48. The first kappa shape index (κ1) is 20.0. The van der Waals surface area contributed by atoms with Crippen LogP contribution in [0.5, 0.6) is 0 Å². The lowest BCUT2D eigenvalue weighted by atomic mass is 9.94. The van der Waals surface area contributed by atoms with E-state index in [-0.39, 0.29) is 17.9 Å². The largest absolute Gasteiger partial charge is 0.368 e. The Balaban J connectivity index is 1.43. The Kier molecular flexibility index (Phi) is 5.91. The van der Waals surface area contributed by atoms with Gasteiger partial charge in [-0.2, -0.15) is 0 Å². The van der Waals surface area contributed by atoms with Crippen LogP contribution in [0, 0.1) is 13.8 Å². The molecule has 7 nitrogen and oxygen atoms in total. The number of nitrogens with zero attached hydrogens (tertiary/aromatic N) is 3. The molecule has 4 heterocycles. The van der Waals surface area contributed by atoms with Gasteiger partial charge in [-0.05, 0) is 49.8 Å². The van der Waals surface area contributed by atoms with E-state index in [4.69, 9.17) is 4.74 Å². The van der Waals surface area contributed by atoms with Crippen LogP contribution in [0.3, 0.4) is 0 Å². The number of fused-ring (bicyclic) bond motifs is 1. The number of carbonyl (C=O) groups is 2. The summed E-state index contributed by atoms with van der Waals surface area (Å²) in [6.07, 6.45) is 4.36. The van der Waals surface area contributed by atoms with Gasteiger partial charge in [0.1, 0.15) is 6.10 Å². The van der Waals surface area contributed by atoms with Gasteiger partial charge in [0.05, 0.1) is 17.1 Å². The minimum Gasteiger partial charge on any atom is -0.368 e. The van der Waals surface area contributed by atoms with Crippen LogP contribution < -0.4 is 5.32 Å². The summed E-state index contributed by atoms with van der Waals surface area (Å²) in [6, 6.07) is 0. The van der Waals surface area contributed by atoms with Crippen molar-refractivity contribution in [2.75, 3.05) is 13.2 Å². The number of carbonyl (C=O) groups excluding carboxylic acids is 2. The van der Waals surface area contributed by atoms with Crippen molar-refractivity contribution < 1.29 is 14.3 Å². The first-order valence-corrected chi connectivity index (χ1v) is 10.9. The van der Waals surface area contributed by atoms with Gasteiger partial charge in [-0.25, -0.2) is 4.98 Å². The molecule has 2 aromatic rings. The summed E-state index contributed by atoms with van der Waals surface area (Å²) >= 11 is 1.57. The molecular formula is C21H26N4O3S. The molecule has 29 heavy (non-hydrogen) atoms. The molecule has 154 valence electrons. The second kappa shape index (κ2) is 8.59.